The highest BCUT2D eigenvalue weighted by atomic mass is 16.2. The Balaban J connectivity index is 0.772. The Morgan fingerprint density at radius 2 is 0.750 bits per heavy atom. The van der Waals surface area contributed by atoms with Crippen molar-refractivity contribution in [1.29, 1.82) is 0 Å². The fourth-order valence-electron chi connectivity index (χ4n) is 11.2. The number of hydrogen-bond donors (Lipinski definition) is 2. The Kier molecular flexibility index (Phi) is 7.43. The zero-order valence-corrected chi connectivity index (χ0v) is 22.8. The monoisotopic (exact) mass is 496 g/mol. The number of unbranched alkanes of at least 4 members (excludes halogenated alkanes) is 5. The lowest BCUT2D eigenvalue weighted by atomic mass is 9.49. The van der Waals surface area contributed by atoms with E-state index >= 15 is 0 Å². The van der Waals surface area contributed by atoms with Gasteiger partial charge in [0.1, 0.15) is 0 Å². The molecular formula is C32H52N2O2. The van der Waals surface area contributed by atoms with E-state index in [0.29, 0.717) is 22.6 Å². The SMILES string of the molecule is O=C(CC12CC3CC(CC(C3)C1)C2)NCCCCCCCCNC(=O)CC12CC3CC(CC(C3)C1)C2. The number of carbonyl (C=O) groups is 2. The third-order valence-electron chi connectivity index (χ3n) is 11.6. The lowest BCUT2D eigenvalue weighted by molar-refractivity contribution is -0.130. The Morgan fingerprint density at radius 1 is 0.472 bits per heavy atom. The van der Waals surface area contributed by atoms with Gasteiger partial charge >= 0.3 is 0 Å². The minimum atomic E-state index is 0.321. The molecule has 0 radical (unpaired) electrons. The lowest BCUT2D eigenvalue weighted by Crippen LogP contribution is -2.48. The van der Waals surface area contributed by atoms with E-state index in [9.17, 15) is 9.59 Å². The maximum Gasteiger partial charge on any atom is 0.220 e. The highest BCUT2D eigenvalue weighted by molar-refractivity contribution is 5.77. The van der Waals surface area contributed by atoms with E-state index in [0.717, 1.165) is 74.3 Å². The molecule has 8 aliphatic carbocycles. The molecule has 8 rings (SSSR count). The largest absolute Gasteiger partial charge is 0.356 e. The first-order valence-corrected chi connectivity index (χ1v) is 16.0. The maximum atomic E-state index is 12.6. The van der Waals surface area contributed by atoms with Crippen molar-refractivity contribution in [3.05, 3.63) is 0 Å². The van der Waals surface area contributed by atoms with Crippen molar-refractivity contribution in [3.8, 4) is 0 Å². The quantitative estimate of drug-likeness (QED) is 0.276. The van der Waals surface area contributed by atoms with Gasteiger partial charge in [-0.15, -0.1) is 0 Å². The lowest BCUT2D eigenvalue weighted by Gasteiger charge is -2.56. The molecule has 0 heterocycles. The molecule has 0 unspecified atom stereocenters. The molecule has 8 fully saturated rings. The van der Waals surface area contributed by atoms with E-state index < -0.39 is 0 Å². The van der Waals surface area contributed by atoms with E-state index in [-0.39, 0.29) is 0 Å². The number of nitrogens with one attached hydrogen (secondary N) is 2. The molecule has 2 amide bonds. The van der Waals surface area contributed by atoms with Crippen LogP contribution in [0.5, 0.6) is 0 Å². The summed E-state index contributed by atoms with van der Waals surface area (Å²) < 4.78 is 0. The minimum absolute atomic E-state index is 0.321. The van der Waals surface area contributed by atoms with Crippen molar-refractivity contribution in [1.82, 2.24) is 10.6 Å². The van der Waals surface area contributed by atoms with Crippen molar-refractivity contribution >= 4 is 11.8 Å². The highest BCUT2D eigenvalue weighted by Gasteiger charge is 2.52. The van der Waals surface area contributed by atoms with Crippen molar-refractivity contribution < 1.29 is 9.59 Å². The number of amides is 2. The van der Waals surface area contributed by atoms with Crippen LogP contribution in [0.25, 0.3) is 0 Å². The van der Waals surface area contributed by atoms with Crippen LogP contribution in [0.3, 0.4) is 0 Å². The van der Waals surface area contributed by atoms with Gasteiger partial charge in [0.25, 0.3) is 0 Å². The molecular weight excluding hydrogens is 444 g/mol. The number of carbonyl (C=O) groups excluding carboxylic acids is 2. The molecule has 36 heavy (non-hydrogen) atoms. The van der Waals surface area contributed by atoms with E-state index in [1.54, 1.807) is 0 Å². The minimum Gasteiger partial charge on any atom is -0.356 e. The second kappa shape index (κ2) is 10.6. The van der Waals surface area contributed by atoms with Crippen molar-refractivity contribution in [2.24, 2.45) is 46.3 Å². The molecule has 2 N–H and O–H groups in total. The van der Waals surface area contributed by atoms with Crippen LogP contribution in [0.15, 0.2) is 0 Å². The summed E-state index contributed by atoms with van der Waals surface area (Å²) in [4.78, 5) is 25.3. The van der Waals surface area contributed by atoms with Crippen LogP contribution in [0.1, 0.15) is 128 Å². The summed E-state index contributed by atoms with van der Waals surface area (Å²) in [6, 6.07) is 0. The van der Waals surface area contributed by atoms with Crippen LogP contribution in [0.2, 0.25) is 0 Å². The van der Waals surface area contributed by atoms with Gasteiger partial charge in [-0.3, -0.25) is 9.59 Å². The topological polar surface area (TPSA) is 58.2 Å². The predicted octanol–water partition coefficient (Wildman–Crippen LogP) is 6.77. The maximum absolute atomic E-state index is 12.6. The molecule has 0 aromatic rings. The Labute approximate surface area is 219 Å². The summed E-state index contributed by atoms with van der Waals surface area (Å²) in [5, 5.41) is 6.50. The average molecular weight is 497 g/mol. The Bertz CT molecular complexity index is 667. The normalized spacial score (nSPS) is 41.6. The van der Waals surface area contributed by atoms with Gasteiger partial charge in [0.05, 0.1) is 0 Å². The first kappa shape index (κ1) is 25.2. The summed E-state index contributed by atoms with van der Waals surface area (Å²) in [6.45, 7) is 1.71. The van der Waals surface area contributed by atoms with Gasteiger partial charge in [-0.05, 0) is 136 Å². The van der Waals surface area contributed by atoms with Crippen molar-refractivity contribution in [2.75, 3.05) is 13.1 Å². The van der Waals surface area contributed by atoms with Crippen molar-refractivity contribution in [3.63, 3.8) is 0 Å². The molecule has 8 bridgehead atoms. The van der Waals surface area contributed by atoms with Gasteiger partial charge in [-0.25, -0.2) is 0 Å². The molecule has 4 heteroatoms. The fraction of sp³-hybridized carbons (Fsp3) is 0.938. The van der Waals surface area contributed by atoms with Gasteiger partial charge in [0.2, 0.25) is 11.8 Å². The Morgan fingerprint density at radius 3 is 1.06 bits per heavy atom. The summed E-state index contributed by atoms with van der Waals surface area (Å²) in [5.41, 5.74) is 0.729. The van der Waals surface area contributed by atoms with E-state index in [1.807, 2.05) is 0 Å². The molecule has 202 valence electrons. The predicted molar refractivity (Wildman–Crippen MR) is 144 cm³/mol. The molecule has 0 aromatic carbocycles. The highest BCUT2D eigenvalue weighted by Crippen LogP contribution is 2.62. The fourth-order valence-corrected chi connectivity index (χ4v) is 11.2. The molecule has 8 saturated carbocycles. The van der Waals surface area contributed by atoms with Gasteiger partial charge in [-0.1, -0.05) is 25.7 Å². The van der Waals surface area contributed by atoms with Crippen molar-refractivity contribution in [2.45, 2.75) is 128 Å². The second-order valence-electron chi connectivity index (χ2n) is 15.0. The zero-order valence-electron chi connectivity index (χ0n) is 22.8. The zero-order chi connectivity index (χ0) is 24.6. The average Bonchev–Trinajstić information content (AvgIpc) is 2.77. The molecule has 0 saturated heterocycles. The van der Waals surface area contributed by atoms with Gasteiger partial charge in [0.15, 0.2) is 0 Å². The molecule has 0 spiro atoms. The van der Waals surface area contributed by atoms with E-state index in [4.69, 9.17) is 0 Å². The third kappa shape index (κ3) is 5.83. The van der Waals surface area contributed by atoms with Crippen LogP contribution in [0, 0.1) is 46.3 Å². The van der Waals surface area contributed by atoms with Gasteiger partial charge in [0, 0.05) is 25.9 Å². The molecule has 0 aliphatic heterocycles. The van der Waals surface area contributed by atoms with Crippen LogP contribution >= 0.6 is 0 Å². The number of hydrogen-bond acceptors (Lipinski definition) is 2. The van der Waals surface area contributed by atoms with Gasteiger partial charge in [-0.2, -0.15) is 0 Å². The second-order valence-corrected chi connectivity index (χ2v) is 15.0. The number of rotatable bonds is 13. The molecule has 0 atom stereocenters. The first-order chi connectivity index (χ1) is 17.5. The molecule has 0 aromatic heterocycles. The summed E-state index contributed by atoms with van der Waals surface area (Å²) in [7, 11) is 0. The Hall–Kier alpha value is -1.06. The molecule has 4 nitrogen and oxygen atoms in total. The standard InChI is InChI=1S/C32H52N2O2/c35-29(21-31-15-23-9-24(16-31)11-25(10-23)17-31)33-7-5-3-1-2-4-6-8-34-30(36)22-32-18-26-12-27(19-32)14-28(13-26)20-32/h23-28H,1-22H2,(H,33,35)(H,34,36). The summed E-state index contributed by atoms with van der Waals surface area (Å²) >= 11 is 0. The van der Waals surface area contributed by atoms with E-state index in [1.165, 1.54) is 103 Å². The van der Waals surface area contributed by atoms with E-state index in [2.05, 4.69) is 10.6 Å². The smallest absolute Gasteiger partial charge is 0.220 e. The van der Waals surface area contributed by atoms with Crippen LogP contribution in [-0.2, 0) is 9.59 Å². The first-order valence-electron chi connectivity index (χ1n) is 16.0. The van der Waals surface area contributed by atoms with Crippen LogP contribution in [-0.4, -0.2) is 24.9 Å². The summed E-state index contributed by atoms with van der Waals surface area (Å²) in [5.74, 6) is 6.22. The van der Waals surface area contributed by atoms with Crippen LogP contribution < -0.4 is 10.6 Å². The van der Waals surface area contributed by atoms with Gasteiger partial charge < -0.3 is 10.6 Å². The summed E-state index contributed by atoms with van der Waals surface area (Å²) in [6.07, 6.45) is 25.4. The van der Waals surface area contributed by atoms with Crippen LogP contribution in [0.4, 0.5) is 0 Å². The third-order valence-corrected chi connectivity index (χ3v) is 11.6. The molecule has 8 aliphatic rings.